The number of quaternary nitrogens is 1. The van der Waals surface area contributed by atoms with E-state index in [-0.39, 0.29) is 29.7 Å². The molecule has 0 aliphatic carbocycles. The van der Waals surface area contributed by atoms with Crippen LogP contribution < -0.4 is 16.0 Å². The fourth-order valence-corrected chi connectivity index (χ4v) is 2.58. The summed E-state index contributed by atoms with van der Waals surface area (Å²) in [5.41, 5.74) is 4.50. The van der Waals surface area contributed by atoms with Crippen LogP contribution in [0.25, 0.3) is 0 Å². The van der Waals surface area contributed by atoms with E-state index >= 15 is 0 Å². The van der Waals surface area contributed by atoms with E-state index in [1.54, 1.807) is 6.92 Å². The maximum atomic E-state index is 12.4. The number of amides is 2. The lowest BCUT2D eigenvalue weighted by Gasteiger charge is -2.34. The molecule has 0 spiro atoms. The number of hydrogen-bond acceptors (Lipinski definition) is 3. The second-order valence-corrected chi connectivity index (χ2v) is 6.53. The highest BCUT2D eigenvalue weighted by molar-refractivity contribution is 5.81. The third kappa shape index (κ3) is 4.18. The van der Waals surface area contributed by atoms with Crippen LogP contribution in [0.3, 0.4) is 0 Å². The highest BCUT2D eigenvalue weighted by Crippen LogP contribution is 2.15. The van der Waals surface area contributed by atoms with Crippen molar-refractivity contribution in [2.45, 2.75) is 52.1 Å². The molecule has 21 heavy (non-hydrogen) atoms. The number of nitriles is 1. The summed E-state index contributed by atoms with van der Waals surface area (Å²) in [4.78, 5) is 24.8. The zero-order valence-electron chi connectivity index (χ0n) is 13.4. The first kappa shape index (κ1) is 17.4. The molecule has 1 rings (SSSR count). The van der Waals surface area contributed by atoms with Crippen molar-refractivity contribution in [3.8, 4) is 6.07 Å². The van der Waals surface area contributed by atoms with Crippen molar-refractivity contribution >= 4 is 11.8 Å². The number of primary amides is 1. The summed E-state index contributed by atoms with van der Waals surface area (Å²) in [6.07, 6.45) is 1.69. The third-order valence-electron chi connectivity index (χ3n) is 4.74. The quantitative estimate of drug-likeness (QED) is 0.619. The van der Waals surface area contributed by atoms with Crippen LogP contribution in [0.4, 0.5) is 0 Å². The van der Waals surface area contributed by atoms with Crippen LogP contribution in [0.5, 0.6) is 0 Å². The van der Waals surface area contributed by atoms with Crippen molar-refractivity contribution in [2.75, 3.05) is 13.1 Å². The highest BCUT2D eigenvalue weighted by Gasteiger charge is 2.37. The molecule has 1 fully saturated rings. The van der Waals surface area contributed by atoms with E-state index in [1.807, 2.05) is 20.8 Å². The molecule has 0 radical (unpaired) electrons. The summed E-state index contributed by atoms with van der Waals surface area (Å²) >= 11 is 0. The number of nitrogens with two attached hydrogens (primary N) is 1. The molecule has 0 aromatic heterocycles. The average Bonchev–Trinajstić information content (AvgIpc) is 2.46. The molecule has 1 aliphatic rings. The van der Waals surface area contributed by atoms with Gasteiger partial charge in [0.25, 0.3) is 5.91 Å². The van der Waals surface area contributed by atoms with E-state index in [2.05, 4.69) is 11.4 Å². The van der Waals surface area contributed by atoms with Gasteiger partial charge in [-0.15, -0.1) is 0 Å². The van der Waals surface area contributed by atoms with Crippen molar-refractivity contribution in [3.63, 3.8) is 0 Å². The summed E-state index contributed by atoms with van der Waals surface area (Å²) in [5, 5.41) is 12.1. The number of carbonyl (C=O) groups excluding carboxylic acids is 2. The predicted molar refractivity (Wildman–Crippen MR) is 79.1 cm³/mol. The number of likely N-dealkylation sites (tertiary alicyclic amines) is 1. The predicted octanol–water partition coefficient (Wildman–Crippen LogP) is -0.790. The van der Waals surface area contributed by atoms with Crippen molar-refractivity contribution in [1.29, 1.82) is 5.26 Å². The number of carbonyl (C=O) groups is 2. The minimum Gasteiger partial charge on any atom is -0.369 e. The largest absolute Gasteiger partial charge is 0.369 e. The summed E-state index contributed by atoms with van der Waals surface area (Å²) in [7, 11) is 0. The van der Waals surface area contributed by atoms with Gasteiger partial charge in [-0.05, 0) is 32.6 Å². The Morgan fingerprint density at radius 1 is 1.43 bits per heavy atom. The molecule has 1 saturated heterocycles. The lowest BCUT2D eigenvalue weighted by molar-refractivity contribution is -0.921. The third-order valence-corrected chi connectivity index (χ3v) is 4.74. The summed E-state index contributed by atoms with van der Waals surface area (Å²) in [6, 6.07) is 1.89. The van der Waals surface area contributed by atoms with Crippen molar-refractivity contribution < 1.29 is 14.5 Å². The lowest BCUT2D eigenvalue weighted by Crippen LogP contribution is -3.18. The van der Waals surface area contributed by atoms with Crippen LogP contribution in [0, 0.1) is 23.2 Å². The number of nitrogens with zero attached hydrogens (tertiary/aromatic N) is 1. The van der Waals surface area contributed by atoms with Gasteiger partial charge in [-0.1, -0.05) is 13.8 Å². The van der Waals surface area contributed by atoms with Gasteiger partial charge >= 0.3 is 0 Å². The molecule has 0 aromatic rings. The Morgan fingerprint density at radius 3 is 2.52 bits per heavy atom. The first-order valence-electron chi connectivity index (χ1n) is 7.58. The summed E-state index contributed by atoms with van der Waals surface area (Å²) < 4.78 is 0. The zero-order valence-corrected chi connectivity index (χ0v) is 13.4. The molecular formula is C15H27N4O2+. The Bertz CT molecular complexity index is 443. The number of nitrogens with one attached hydrogen (secondary N) is 2. The zero-order chi connectivity index (χ0) is 16.2. The SMILES string of the molecule is CC(C)[C@@](C)(C#N)NC(=O)[C@@H](C)[NH+]1CCC[C@H](C(N)=O)C1. The Hall–Kier alpha value is -1.61. The van der Waals surface area contributed by atoms with Gasteiger partial charge in [0.1, 0.15) is 5.54 Å². The summed E-state index contributed by atoms with van der Waals surface area (Å²) in [6.45, 7) is 8.83. The molecule has 0 bridgehead atoms. The van der Waals surface area contributed by atoms with Crippen molar-refractivity contribution in [2.24, 2.45) is 17.6 Å². The fraction of sp³-hybridized carbons (Fsp3) is 0.800. The van der Waals surface area contributed by atoms with Crippen LogP contribution in [-0.2, 0) is 9.59 Å². The monoisotopic (exact) mass is 295 g/mol. The Labute approximate surface area is 126 Å². The minimum absolute atomic E-state index is 0.0216. The molecule has 2 amide bonds. The second-order valence-electron chi connectivity index (χ2n) is 6.53. The van der Waals surface area contributed by atoms with E-state index in [9.17, 15) is 14.9 Å². The van der Waals surface area contributed by atoms with E-state index in [0.717, 1.165) is 24.3 Å². The minimum atomic E-state index is -0.871. The van der Waals surface area contributed by atoms with E-state index in [0.29, 0.717) is 6.54 Å². The van der Waals surface area contributed by atoms with Gasteiger partial charge < -0.3 is 16.0 Å². The Morgan fingerprint density at radius 2 is 2.05 bits per heavy atom. The van der Waals surface area contributed by atoms with Gasteiger partial charge in [-0.2, -0.15) is 5.26 Å². The normalized spacial score (nSPS) is 26.5. The Kier molecular flexibility index (Phi) is 5.73. The molecule has 6 heteroatoms. The van der Waals surface area contributed by atoms with Crippen LogP contribution in [0.2, 0.25) is 0 Å². The molecule has 4 atom stereocenters. The van der Waals surface area contributed by atoms with Crippen LogP contribution in [0.1, 0.15) is 40.5 Å². The van der Waals surface area contributed by atoms with Gasteiger partial charge in [-0.25, -0.2) is 0 Å². The van der Waals surface area contributed by atoms with E-state index in [4.69, 9.17) is 5.73 Å². The smallest absolute Gasteiger partial charge is 0.279 e. The molecule has 1 aliphatic heterocycles. The Balaban J connectivity index is 2.70. The summed E-state index contributed by atoms with van der Waals surface area (Å²) in [5.74, 6) is -0.568. The standard InChI is InChI=1S/C15H26N4O2/c1-10(2)15(4,9-16)18-14(21)11(3)19-7-5-6-12(8-19)13(17)20/h10-12H,5-8H2,1-4H3,(H2,17,20)(H,18,21)/p+1/t11-,12+,15-/m1/s1. The highest BCUT2D eigenvalue weighted by atomic mass is 16.2. The van der Waals surface area contributed by atoms with Gasteiger partial charge in [0.05, 0.1) is 25.1 Å². The number of rotatable bonds is 5. The average molecular weight is 295 g/mol. The molecule has 0 saturated carbocycles. The van der Waals surface area contributed by atoms with Crippen LogP contribution in [0.15, 0.2) is 0 Å². The number of hydrogen-bond donors (Lipinski definition) is 3. The topological polar surface area (TPSA) is 100 Å². The van der Waals surface area contributed by atoms with Crippen molar-refractivity contribution in [1.82, 2.24) is 5.32 Å². The van der Waals surface area contributed by atoms with Crippen LogP contribution >= 0.6 is 0 Å². The van der Waals surface area contributed by atoms with Gasteiger partial charge in [0.2, 0.25) is 5.91 Å². The maximum Gasteiger partial charge on any atom is 0.279 e. The number of piperidine rings is 1. The van der Waals surface area contributed by atoms with E-state index in [1.165, 1.54) is 0 Å². The lowest BCUT2D eigenvalue weighted by atomic mass is 9.89. The first-order chi connectivity index (χ1) is 9.71. The second kappa shape index (κ2) is 6.90. The molecule has 0 aromatic carbocycles. The van der Waals surface area contributed by atoms with Gasteiger partial charge in [-0.3, -0.25) is 9.59 Å². The maximum absolute atomic E-state index is 12.4. The van der Waals surface area contributed by atoms with Gasteiger partial charge in [0.15, 0.2) is 6.04 Å². The molecule has 118 valence electrons. The molecular weight excluding hydrogens is 268 g/mol. The molecule has 6 nitrogen and oxygen atoms in total. The van der Waals surface area contributed by atoms with E-state index < -0.39 is 5.54 Å². The molecule has 1 heterocycles. The first-order valence-corrected chi connectivity index (χ1v) is 7.58. The molecule has 1 unspecified atom stereocenters. The fourth-order valence-electron chi connectivity index (χ4n) is 2.58. The van der Waals surface area contributed by atoms with Crippen molar-refractivity contribution in [3.05, 3.63) is 0 Å². The van der Waals surface area contributed by atoms with Gasteiger partial charge in [0, 0.05) is 0 Å². The van der Waals surface area contributed by atoms with Crippen LogP contribution in [-0.4, -0.2) is 36.5 Å². The molecule has 4 N–H and O–H groups in total.